The van der Waals surface area contributed by atoms with E-state index in [4.69, 9.17) is 15.4 Å². The van der Waals surface area contributed by atoms with Crippen molar-refractivity contribution in [3.63, 3.8) is 0 Å². The van der Waals surface area contributed by atoms with Gasteiger partial charge >= 0.3 is 5.97 Å². The second kappa shape index (κ2) is 10.7. The van der Waals surface area contributed by atoms with Crippen LogP contribution in [0.15, 0.2) is 67.1 Å². The van der Waals surface area contributed by atoms with Gasteiger partial charge in [-0.15, -0.1) is 0 Å². The average molecular weight is 509 g/mol. The van der Waals surface area contributed by atoms with E-state index >= 15 is 0 Å². The second-order valence-corrected chi connectivity index (χ2v) is 10.3. The van der Waals surface area contributed by atoms with Crippen molar-refractivity contribution in [3.05, 3.63) is 83.9 Å². The number of rotatable bonds is 8. The fraction of sp³-hybridized carbons (Fsp3) is 0.323. The molecule has 7 nitrogen and oxygen atoms in total. The number of nitrogens with one attached hydrogen (secondary N) is 1. The molecule has 1 aliphatic carbocycles. The molecule has 5 rings (SSSR count). The van der Waals surface area contributed by atoms with Crippen molar-refractivity contribution in [2.75, 3.05) is 0 Å². The van der Waals surface area contributed by atoms with Gasteiger partial charge in [-0.1, -0.05) is 37.5 Å². The van der Waals surface area contributed by atoms with E-state index in [0.29, 0.717) is 11.5 Å². The minimum Gasteiger partial charge on any atom is -0.478 e. The lowest BCUT2D eigenvalue weighted by Gasteiger charge is -2.31. The quantitative estimate of drug-likeness (QED) is 0.258. The summed E-state index contributed by atoms with van der Waals surface area (Å²) in [5.41, 5.74) is 5.63. The lowest BCUT2D eigenvalue weighted by molar-refractivity contribution is -0.117. The minimum absolute atomic E-state index is 0.0139. The van der Waals surface area contributed by atoms with E-state index in [9.17, 15) is 14.7 Å². The Labute approximate surface area is 222 Å². The van der Waals surface area contributed by atoms with Crippen molar-refractivity contribution in [1.82, 2.24) is 14.5 Å². The molecule has 0 radical (unpaired) electrons. The lowest BCUT2D eigenvalue weighted by Crippen LogP contribution is -2.23. The topological polar surface area (TPSA) is 109 Å². The highest BCUT2D eigenvalue weighted by atomic mass is 16.4. The maximum Gasteiger partial charge on any atom is 0.335 e. The number of benzene rings is 1. The first-order valence-corrected chi connectivity index (χ1v) is 13.2. The van der Waals surface area contributed by atoms with Crippen LogP contribution in [0.1, 0.15) is 79.5 Å². The van der Waals surface area contributed by atoms with E-state index in [1.54, 1.807) is 25.3 Å². The summed E-state index contributed by atoms with van der Waals surface area (Å²) in [6.45, 7) is 3.17. The number of hydrogen-bond donors (Lipinski definition) is 2. The molecule has 1 aromatic carbocycles. The van der Waals surface area contributed by atoms with Crippen LogP contribution < -0.4 is 0 Å². The number of hydrogen-bond acceptors (Lipinski definition) is 5. The predicted molar refractivity (Wildman–Crippen MR) is 148 cm³/mol. The van der Waals surface area contributed by atoms with Gasteiger partial charge in [-0.3, -0.25) is 14.8 Å². The molecule has 7 heteroatoms. The number of aromatic nitrogens is 3. The summed E-state index contributed by atoms with van der Waals surface area (Å²) < 4.78 is 2.25. The van der Waals surface area contributed by atoms with Gasteiger partial charge in [0.05, 0.1) is 34.3 Å². The second-order valence-electron chi connectivity index (χ2n) is 10.3. The number of pyridine rings is 2. The van der Waals surface area contributed by atoms with Crippen LogP contribution in [0, 0.1) is 11.3 Å². The van der Waals surface area contributed by atoms with Crippen LogP contribution in [0.3, 0.4) is 0 Å². The summed E-state index contributed by atoms with van der Waals surface area (Å²) in [6.07, 6.45) is 11.4. The first kappa shape index (κ1) is 25.5. The molecule has 194 valence electrons. The van der Waals surface area contributed by atoms with Crippen LogP contribution in [-0.2, 0) is 4.79 Å². The Morgan fingerprint density at radius 3 is 2.37 bits per heavy atom. The smallest absolute Gasteiger partial charge is 0.335 e. The van der Waals surface area contributed by atoms with Gasteiger partial charge in [-0.05, 0) is 74.1 Å². The highest BCUT2D eigenvalue weighted by Crippen LogP contribution is 2.41. The molecular formula is C31H32N4O3. The van der Waals surface area contributed by atoms with E-state index in [0.717, 1.165) is 40.7 Å². The zero-order chi connectivity index (χ0) is 26.8. The summed E-state index contributed by atoms with van der Waals surface area (Å²) >= 11 is 0. The highest BCUT2D eigenvalue weighted by Gasteiger charge is 2.30. The van der Waals surface area contributed by atoms with Gasteiger partial charge < -0.3 is 15.1 Å². The fourth-order valence-corrected chi connectivity index (χ4v) is 5.94. The molecular weight excluding hydrogens is 476 g/mol. The zero-order valence-corrected chi connectivity index (χ0v) is 21.7. The van der Waals surface area contributed by atoms with E-state index in [-0.39, 0.29) is 23.1 Å². The van der Waals surface area contributed by atoms with Crippen molar-refractivity contribution < 1.29 is 14.7 Å². The van der Waals surface area contributed by atoms with E-state index in [2.05, 4.69) is 16.8 Å². The van der Waals surface area contributed by atoms with Crippen molar-refractivity contribution >= 4 is 28.5 Å². The van der Waals surface area contributed by atoms with Crippen molar-refractivity contribution in [2.45, 2.75) is 57.9 Å². The van der Waals surface area contributed by atoms with Crippen LogP contribution in [0.5, 0.6) is 0 Å². The number of nitrogens with zero attached hydrogens (tertiary/aromatic N) is 3. The number of ketones is 1. The van der Waals surface area contributed by atoms with Gasteiger partial charge in [-0.2, -0.15) is 0 Å². The number of fused-ring (bicyclic) bond motifs is 1. The third-order valence-corrected chi connectivity index (χ3v) is 7.69. The Kier molecular flexibility index (Phi) is 7.18. The van der Waals surface area contributed by atoms with Crippen LogP contribution in [0.25, 0.3) is 22.2 Å². The molecule has 1 saturated carbocycles. The lowest BCUT2D eigenvalue weighted by atomic mass is 9.82. The Hall–Kier alpha value is -4.13. The first-order chi connectivity index (χ1) is 18.3. The van der Waals surface area contributed by atoms with Crippen LogP contribution in [0.4, 0.5) is 0 Å². The molecule has 0 saturated heterocycles. The van der Waals surface area contributed by atoms with E-state index < -0.39 is 11.9 Å². The van der Waals surface area contributed by atoms with Crippen LogP contribution in [-0.4, -0.2) is 37.1 Å². The number of aromatic carboxylic acids is 1. The molecule has 4 aromatic rings. The Balaban J connectivity index is 1.75. The summed E-state index contributed by atoms with van der Waals surface area (Å²) in [6, 6.07) is 14.8. The summed E-state index contributed by atoms with van der Waals surface area (Å²) in [5.74, 6) is -1.30. The van der Waals surface area contributed by atoms with Crippen LogP contribution >= 0.6 is 0 Å². The normalized spacial score (nSPS) is 15.7. The number of Topliss-reactive ketones (excluding diaryl/α,β-unsaturated/α-hetero) is 1. The van der Waals surface area contributed by atoms with E-state index in [1.807, 2.05) is 36.5 Å². The Morgan fingerprint density at radius 1 is 1.03 bits per heavy atom. The summed E-state index contributed by atoms with van der Waals surface area (Å²) in [4.78, 5) is 33.5. The fourth-order valence-electron chi connectivity index (χ4n) is 5.94. The zero-order valence-electron chi connectivity index (χ0n) is 21.7. The molecule has 0 aliphatic heterocycles. The van der Waals surface area contributed by atoms with Crippen molar-refractivity contribution in [3.8, 4) is 11.1 Å². The number of carbonyl (C=O) groups is 2. The SMILES string of the molecule is CC(=N)C(C(C)=O)c1cnc2c(-c3ccc(C(=O)O)cc3)cn(C(c3ccccn3)C3CCCCC3)c2c1. The third kappa shape index (κ3) is 4.88. The Bertz CT molecular complexity index is 1470. The third-order valence-electron chi connectivity index (χ3n) is 7.69. The maximum atomic E-state index is 12.5. The van der Waals surface area contributed by atoms with Crippen molar-refractivity contribution in [2.24, 2.45) is 5.92 Å². The molecule has 2 N–H and O–H groups in total. The molecule has 3 heterocycles. The Morgan fingerprint density at radius 2 is 1.76 bits per heavy atom. The molecule has 1 fully saturated rings. The molecule has 38 heavy (non-hydrogen) atoms. The van der Waals surface area contributed by atoms with E-state index in [1.165, 1.54) is 26.2 Å². The molecule has 2 unspecified atom stereocenters. The van der Waals surface area contributed by atoms with Gasteiger partial charge in [0.2, 0.25) is 0 Å². The highest BCUT2D eigenvalue weighted by molar-refractivity contribution is 6.07. The number of carboxylic acids is 1. The molecule has 3 aromatic heterocycles. The first-order valence-electron chi connectivity index (χ1n) is 13.2. The standard InChI is InChI=1S/C31H32N4O3/c1-19(32)28(20(2)36)24-16-27-29(34-17-24)25(21-11-13-23(14-12-21)31(37)38)18-35(27)30(22-8-4-3-5-9-22)26-10-6-7-15-33-26/h6-7,10-18,22,28,30,32H,3-5,8-9H2,1-2H3,(H,37,38). The largest absolute Gasteiger partial charge is 0.478 e. The molecule has 2 atom stereocenters. The van der Waals surface area contributed by atoms with Gasteiger partial charge in [0.1, 0.15) is 5.78 Å². The number of carbonyl (C=O) groups excluding carboxylic acids is 1. The van der Waals surface area contributed by atoms with Gasteiger partial charge in [0.25, 0.3) is 0 Å². The van der Waals surface area contributed by atoms with Gasteiger partial charge in [-0.25, -0.2) is 4.79 Å². The molecule has 1 aliphatic rings. The molecule has 0 amide bonds. The summed E-state index contributed by atoms with van der Waals surface area (Å²) in [7, 11) is 0. The summed E-state index contributed by atoms with van der Waals surface area (Å²) in [5, 5.41) is 17.6. The number of carboxylic acid groups (broad SMARTS) is 1. The minimum atomic E-state index is -0.966. The van der Waals surface area contributed by atoms with Crippen LogP contribution in [0.2, 0.25) is 0 Å². The molecule has 0 spiro atoms. The van der Waals surface area contributed by atoms with Gasteiger partial charge in [0.15, 0.2) is 0 Å². The van der Waals surface area contributed by atoms with Gasteiger partial charge in [0, 0.05) is 29.9 Å². The van der Waals surface area contributed by atoms with Crippen molar-refractivity contribution in [1.29, 1.82) is 5.41 Å². The predicted octanol–water partition coefficient (Wildman–Crippen LogP) is 6.68. The molecule has 0 bridgehead atoms. The maximum absolute atomic E-state index is 12.5. The average Bonchev–Trinajstić information content (AvgIpc) is 3.28. The monoisotopic (exact) mass is 508 g/mol.